The zero-order chi connectivity index (χ0) is 13.8. The Kier molecular flexibility index (Phi) is 4.74. The quantitative estimate of drug-likeness (QED) is 0.902. The first-order valence-electron chi connectivity index (χ1n) is 8.39. The van der Waals surface area contributed by atoms with Crippen LogP contribution in [0.4, 0.5) is 0 Å². The van der Waals surface area contributed by atoms with Gasteiger partial charge in [-0.05, 0) is 63.2 Å². The topological polar surface area (TPSA) is 15.3 Å². The Morgan fingerprint density at radius 2 is 1.95 bits per heavy atom. The number of nitrogens with zero attached hydrogens (tertiary/aromatic N) is 1. The van der Waals surface area contributed by atoms with Gasteiger partial charge in [0.25, 0.3) is 0 Å². The maximum atomic E-state index is 3.88. The number of likely N-dealkylation sites (tertiary alicyclic amines) is 1. The number of fused-ring (bicyclic) bond motifs is 1. The highest BCUT2D eigenvalue weighted by atomic mass is 15.2. The lowest BCUT2D eigenvalue weighted by Crippen LogP contribution is -2.43. The van der Waals surface area contributed by atoms with E-state index in [0.29, 0.717) is 12.1 Å². The Labute approximate surface area is 123 Å². The van der Waals surface area contributed by atoms with Gasteiger partial charge in [0.15, 0.2) is 0 Å². The van der Waals surface area contributed by atoms with Crippen molar-refractivity contribution in [2.45, 2.75) is 57.5 Å². The Balaban J connectivity index is 1.57. The number of piperidine rings is 1. The van der Waals surface area contributed by atoms with Crippen LogP contribution in [0.2, 0.25) is 0 Å². The first-order chi connectivity index (χ1) is 9.83. The molecular weight excluding hydrogens is 244 g/mol. The van der Waals surface area contributed by atoms with Gasteiger partial charge in [0.2, 0.25) is 0 Å². The van der Waals surface area contributed by atoms with Crippen molar-refractivity contribution < 1.29 is 0 Å². The average Bonchev–Trinajstić information content (AvgIpc) is 2.48. The molecule has 2 unspecified atom stereocenters. The van der Waals surface area contributed by atoms with Crippen LogP contribution in [0.3, 0.4) is 0 Å². The number of hydrogen-bond acceptors (Lipinski definition) is 2. The molecule has 2 heteroatoms. The molecule has 2 aliphatic rings. The molecule has 0 spiro atoms. The van der Waals surface area contributed by atoms with Gasteiger partial charge in [-0.2, -0.15) is 0 Å². The average molecular weight is 272 g/mol. The van der Waals surface area contributed by atoms with E-state index in [2.05, 4.69) is 41.4 Å². The molecule has 3 rings (SSSR count). The molecule has 1 aliphatic heterocycles. The maximum Gasteiger partial charge on any atom is 0.0325 e. The monoisotopic (exact) mass is 272 g/mol. The molecule has 0 amide bonds. The van der Waals surface area contributed by atoms with Gasteiger partial charge < -0.3 is 10.2 Å². The van der Waals surface area contributed by atoms with Crippen LogP contribution in [0.5, 0.6) is 0 Å². The van der Waals surface area contributed by atoms with Gasteiger partial charge in [-0.25, -0.2) is 0 Å². The second kappa shape index (κ2) is 6.73. The van der Waals surface area contributed by atoms with E-state index >= 15 is 0 Å². The summed E-state index contributed by atoms with van der Waals surface area (Å²) in [7, 11) is 0. The minimum absolute atomic E-state index is 0.569. The van der Waals surface area contributed by atoms with Gasteiger partial charge in [0.05, 0.1) is 0 Å². The second-order valence-corrected chi connectivity index (χ2v) is 6.57. The Hall–Kier alpha value is -0.860. The third kappa shape index (κ3) is 3.42. The van der Waals surface area contributed by atoms with Crippen molar-refractivity contribution in [2.75, 3.05) is 19.6 Å². The van der Waals surface area contributed by atoms with E-state index in [1.54, 1.807) is 11.1 Å². The Morgan fingerprint density at radius 1 is 1.15 bits per heavy atom. The molecule has 2 nitrogen and oxygen atoms in total. The SMILES string of the molecule is CC(CN1CCCCC1)NC1CCCc2ccccc21. The highest BCUT2D eigenvalue weighted by Gasteiger charge is 2.22. The minimum atomic E-state index is 0.569. The van der Waals surface area contributed by atoms with Gasteiger partial charge in [0, 0.05) is 18.6 Å². The number of hydrogen-bond donors (Lipinski definition) is 1. The summed E-state index contributed by atoms with van der Waals surface area (Å²) in [5.41, 5.74) is 3.10. The van der Waals surface area contributed by atoms with Crippen LogP contribution in [0, 0.1) is 0 Å². The lowest BCUT2D eigenvalue weighted by Gasteiger charge is -2.33. The first-order valence-corrected chi connectivity index (χ1v) is 8.39. The second-order valence-electron chi connectivity index (χ2n) is 6.57. The summed E-state index contributed by atoms with van der Waals surface area (Å²) in [5, 5.41) is 3.88. The van der Waals surface area contributed by atoms with Gasteiger partial charge >= 0.3 is 0 Å². The van der Waals surface area contributed by atoms with E-state index < -0.39 is 0 Å². The molecule has 1 aliphatic carbocycles. The molecule has 20 heavy (non-hydrogen) atoms. The molecule has 2 atom stereocenters. The number of nitrogens with one attached hydrogen (secondary N) is 1. The molecule has 1 fully saturated rings. The van der Waals surface area contributed by atoms with Gasteiger partial charge in [-0.3, -0.25) is 0 Å². The summed E-state index contributed by atoms with van der Waals surface area (Å²) in [6, 6.07) is 10.1. The molecule has 0 bridgehead atoms. The zero-order valence-electron chi connectivity index (χ0n) is 12.8. The van der Waals surface area contributed by atoms with E-state index in [1.807, 2.05) is 0 Å². The van der Waals surface area contributed by atoms with Gasteiger partial charge in [-0.15, -0.1) is 0 Å². The molecule has 1 saturated heterocycles. The molecule has 0 radical (unpaired) electrons. The van der Waals surface area contributed by atoms with Crippen LogP contribution in [0.25, 0.3) is 0 Å². The predicted octanol–water partition coefficient (Wildman–Crippen LogP) is 3.53. The van der Waals surface area contributed by atoms with Crippen molar-refractivity contribution in [3.05, 3.63) is 35.4 Å². The molecule has 1 aromatic rings. The fourth-order valence-electron chi connectivity index (χ4n) is 3.85. The van der Waals surface area contributed by atoms with Crippen molar-refractivity contribution in [1.29, 1.82) is 0 Å². The standard InChI is InChI=1S/C18H28N2/c1-15(14-20-12-5-2-6-13-20)19-18-11-7-9-16-8-3-4-10-17(16)18/h3-4,8,10,15,18-19H,2,5-7,9,11-14H2,1H3. The van der Waals surface area contributed by atoms with Crippen molar-refractivity contribution in [1.82, 2.24) is 10.2 Å². The van der Waals surface area contributed by atoms with E-state index in [4.69, 9.17) is 0 Å². The fourth-order valence-corrected chi connectivity index (χ4v) is 3.85. The van der Waals surface area contributed by atoms with Crippen LogP contribution < -0.4 is 5.32 Å². The van der Waals surface area contributed by atoms with Crippen LogP contribution in [0.15, 0.2) is 24.3 Å². The van der Waals surface area contributed by atoms with Gasteiger partial charge in [-0.1, -0.05) is 30.7 Å². The number of aryl methyl sites for hydroxylation is 1. The van der Waals surface area contributed by atoms with Gasteiger partial charge in [0.1, 0.15) is 0 Å². The van der Waals surface area contributed by atoms with E-state index in [0.717, 1.165) is 0 Å². The van der Waals surface area contributed by atoms with Crippen molar-refractivity contribution in [3.8, 4) is 0 Å². The molecule has 0 saturated carbocycles. The predicted molar refractivity (Wildman–Crippen MR) is 85.0 cm³/mol. The lowest BCUT2D eigenvalue weighted by atomic mass is 9.87. The van der Waals surface area contributed by atoms with E-state index in [9.17, 15) is 0 Å². The summed E-state index contributed by atoms with van der Waals surface area (Å²) in [6.45, 7) is 6.16. The lowest BCUT2D eigenvalue weighted by molar-refractivity contribution is 0.202. The largest absolute Gasteiger partial charge is 0.306 e. The summed E-state index contributed by atoms with van der Waals surface area (Å²) in [4.78, 5) is 2.63. The third-order valence-corrected chi connectivity index (χ3v) is 4.84. The summed E-state index contributed by atoms with van der Waals surface area (Å²) < 4.78 is 0. The van der Waals surface area contributed by atoms with Crippen molar-refractivity contribution in [2.24, 2.45) is 0 Å². The Bertz CT molecular complexity index is 423. The highest BCUT2D eigenvalue weighted by molar-refractivity contribution is 5.32. The molecule has 1 N–H and O–H groups in total. The molecule has 110 valence electrons. The summed E-state index contributed by atoms with van der Waals surface area (Å²) >= 11 is 0. The van der Waals surface area contributed by atoms with E-state index in [1.165, 1.54) is 58.2 Å². The normalized spacial score (nSPS) is 25.1. The molecular formula is C18H28N2. The molecule has 1 heterocycles. The Morgan fingerprint density at radius 3 is 2.80 bits per heavy atom. The zero-order valence-corrected chi connectivity index (χ0v) is 12.8. The first kappa shape index (κ1) is 14.1. The number of rotatable bonds is 4. The van der Waals surface area contributed by atoms with E-state index in [-0.39, 0.29) is 0 Å². The summed E-state index contributed by atoms with van der Waals surface area (Å²) in [6.07, 6.45) is 8.08. The van der Waals surface area contributed by atoms with Crippen LogP contribution in [-0.2, 0) is 6.42 Å². The smallest absolute Gasteiger partial charge is 0.0325 e. The van der Waals surface area contributed by atoms with Crippen molar-refractivity contribution in [3.63, 3.8) is 0 Å². The van der Waals surface area contributed by atoms with Crippen LogP contribution in [-0.4, -0.2) is 30.6 Å². The van der Waals surface area contributed by atoms with Crippen LogP contribution >= 0.6 is 0 Å². The minimum Gasteiger partial charge on any atom is -0.306 e. The highest BCUT2D eigenvalue weighted by Crippen LogP contribution is 2.29. The van der Waals surface area contributed by atoms with Crippen LogP contribution in [0.1, 0.15) is 56.2 Å². The summed E-state index contributed by atoms with van der Waals surface area (Å²) in [5.74, 6) is 0. The number of benzene rings is 1. The maximum absolute atomic E-state index is 3.88. The third-order valence-electron chi connectivity index (χ3n) is 4.84. The molecule has 1 aromatic carbocycles. The molecule has 0 aromatic heterocycles. The van der Waals surface area contributed by atoms with Crippen molar-refractivity contribution >= 4 is 0 Å². The fraction of sp³-hybridized carbons (Fsp3) is 0.667.